The van der Waals surface area contributed by atoms with Crippen molar-refractivity contribution in [1.82, 2.24) is 19.2 Å². The lowest BCUT2D eigenvalue weighted by Gasteiger charge is -2.28. The van der Waals surface area contributed by atoms with Crippen molar-refractivity contribution >= 4 is 44.7 Å². The van der Waals surface area contributed by atoms with Crippen LogP contribution in [0.25, 0.3) is 11.0 Å². The van der Waals surface area contributed by atoms with Gasteiger partial charge >= 0.3 is 5.97 Å². The van der Waals surface area contributed by atoms with Crippen LogP contribution in [-0.4, -0.2) is 79.1 Å². The van der Waals surface area contributed by atoms with Gasteiger partial charge in [-0.3, -0.25) is 14.5 Å². The maximum absolute atomic E-state index is 13.8. The molecule has 2 aromatic carbocycles. The third-order valence-electron chi connectivity index (χ3n) is 7.19. The zero-order chi connectivity index (χ0) is 31.3. The van der Waals surface area contributed by atoms with Crippen molar-refractivity contribution in [1.29, 1.82) is 0 Å². The van der Waals surface area contributed by atoms with E-state index in [2.05, 4.69) is 9.71 Å². The highest BCUT2D eigenvalue weighted by molar-refractivity contribution is 7.98. The minimum absolute atomic E-state index is 0.0456. The average Bonchev–Trinajstić information content (AvgIpc) is 3.49. The largest absolute Gasteiger partial charge is 0.487 e. The van der Waals surface area contributed by atoms with Gasteiger partial charge in [0.05, 0.1) is 30.0 Å². The van der Waals surface area contributed by atoms with Crippen LogP contribution < -0.4 is 15.2 Å². The summed E-state index contributed by atoms with van der Waals surface area (Å²) in [5.41, 5.74) is 8.08. The maximum atomic E-state index is 13.8. The molecule has 1 saturated heterocycles. The van der Waals surface area contributed by atoms with Crippen LogP contribution in [0.15, 0.2) is 52.5 Å². The molecule has 3 unspecified atom stereocenters. The molecule has 4 atom stereocenters. The van der Waals surface area contributed by atoms with Gasteiger partial charge in [-0.05, 0) is 63.0 Å². The molecule has 4 rings (SSSR count). The first-order valence-electron chi connectivity index (χ1n) is 14.2. The van der Waals surface area contributed by atoms with E-state index in [1.165, 1.54) is 17.8 Å². The topological polar surface area (TPSA) is 155 Å². The van der Waals surface area contributed by atoms with E-state index in [0.29, 0.717) is 25.2 Å². The van der Waals surface area contributed by atoms with E-state index < -0.39 is 46.4 Å². The second-order valence-electron chi connectivity index (χ2n) is 10.1. The summed E-state index contributed by atoms with van der Waals surface area (Å²) in [6.45, 7) is 9.11. The van der Waals surface area contributed by atoms with Crippen molar-refractivity contribution < 1.29 is 32.2 Å². The molecule has 1 aliphatic heterocycles. The molecule has 1 fully saturated rings. The van der Waals surface area contributed by atoms with E-state index in [-0.39, 0.29) is 23.7 Å². The van der Waals surface area contributed by atoms with Gasteiger partial charge < -0.3 is 24.5 Å². The molecule has 0 bridgehead atoms. The molecule has 12 nitrogen and oxygen atoms in total. The summed E-state index contributed by atoms with van der Waals surface area (Å²) in [5, 5.41) is 0.795. The van der Waals surface area contributed by atoms with Crippen molar-refractivity contribution in [3.05, 3.63) is 48.0 Å². The second-order valence-corrected chi connectivity index (χ2v) is 12.6. The first kappa shape index (κ1) is 32.7. The molecule has 14 heteroatoms. The van der Waals surface area contributed by atoms with Gasteiger partial charge in [0.25, 0.3) is 0 Å². The number of esters is 1. The van der Waals surface area contributed by atoms with E-state index in [1.54, 1.807) is 19.1 Å². The first-order chi connectivity index (χ1) is 20.5. The number of amides is 1. The first-order valence-corrected chi connectivity index (χ1v) is 16.9. The van der Waals surface area contributed by atoms with Crippen molar-refractivity contribution in [2.45, 2.75) is 75.2 Å². The third-order valence-corrected chi connectivity index (χ3v) is 9.40. The quantitative estimate of drug-likeness (QED) is 0.188. The lowest BCUT2D eigenvalue weighted by atomic mass is 10.0. The highest BCUT2D eigenvalue weighted by Crippen LogP contribution is 2.33. The number of rotatable bonds is 15. The molecule has 0 radical (unpaired) electrons. The zero-order valence-corrected chi connectivity index (χ0v) is 26.6. The van der Waals surface area contributed by atoms with Gasteiger partial charge in [-0.1, -0.05) is 43.8 Å². The number of hydrogen-bond acceptors (Lipinski definition) is 10. The average molecular weight is 634 g/mol. The lowest BCUT2D eigenvalue weighted by Crippen LogP contribution is -2.42. The number of ether oxygens (including phenoxy) is 3. The molecule has 0 saturated carbocycles. The van der Waals surface area contributed by atoms with Crippen LogP contribution in [0, 0.1) is 0 Å². The number of cyclic esters (lactones) is 1. The number of sulfonamides is 1. The molecule has 3 N–H and O–H groups in total. The Morgan fingerprint density at radius 2 is 1.95 bits per heavy atom. The van der Waals surface area contributed by atoms with E-state index >= 15 is 0 Å². The molecule has 1 aromatic heterocycles. The molecule has 1 amide bonds. The molecular weight excluding hydrogens is 594 g/mol. The van der Waals surface area contributed by atoms with Gasteiger partial charge in [0, 0.05) is 6.61 Å². The Hall–Kier alpha value is -3.17. The van der Waals surface area contributed by atoms with Crippen molar-refractivity contribution in [2.24, 2.45) is 5.73 Å². The molecular formula is C29H39N5O7S2. The van der Waals surface area contributed by atoms with Crippen LogP contribution in [0.1, 0.15) is 45.7 Å². The predicted molar refractivity (Wildman–Crippen MR) is 163 cm³/mol. The standard InChI is InChI=1S/C29H39N5O7S2/c1-6-33(7-2)26(27(30)36)19-13-14-24(43(37,38)32-21-16-25(35)41-28(21)39-8-3)23(15-19)40-18(4)17-34-22-12-10-9-11-20(22)31-29(34)42-5/h9-15,18,21,26,28,32H,6-8,16-17H2,1-5H3,(H2,30,36)/t18-,21?,26?,28?/m1/s1. The second kappa shape index (κ2) is 14.1. The highest BCUT2D eigenvalue weighted by atomic mass is 32.2. The summed E-state index contributed by atoms with van der Waals surface area (Å²) in [7, 11) is -4.24. The van der Waals surface area contributed by atoms with Gasteiger partial charge in [-0.15, -0.1) is 0 Å². The molecule has 0 spiro atoms. The van der Waals surface area contributed by atoms with Gasteiger partial charge in [0.1, 0.15) is 22.8 Å². The highest BCUT2D eigenvalue weighted by Gasteiger charge is 2.39. The summed E-state index contributed by atoms with van der Waals surface area (Å²) in [5.74, 6) is -1.08. The Bertz CT molecular complexity index is 1560. The summed E-state index contributed by atoms with van der Waals surface area (Å²) in [6.07, 6.45) is 0.204. The maximum Gasteiger partial charge on any atom is 0.310 e. The molecule has 3 aromatic rings. The molecule has 43 heavy (non-hydrogen) atoms. The van der Waals surface area contributed by atoms with Gasteiger partial charge in [0.2, 0.25) is 22.2 Å². The molecule has 0 aliphatic carbocycles. The van der Waals surface area contributed by atoms with Crippen molar-refractivity contribution in [3.8, 4) is 5.75 Å². The Balaban J connectivity index is 1.73. The van der Waals surface area contributed by atoms with Gasteiger partial charge in [-0.25, -0.2) is 18.1 Å². The zero-order valence-electron chi connectivity index (χ0n) is 25.0. The van der Waals surface area contributed by atoms with Crippen molar-refractivity contribution in [3.63, 3.8) is 0 Å². The van der Waals surface area contributed by atoms with Crippen LogP contribution in [-0.2, 0) is 35.6 Å². The third kappa shape index (κ3) is 7.32. The number of carbonyl (C=O) groups is 2. The van der Waals surface area contributed by atoms with E-state index in [1.807, 2.05) is 60.8 Å². The molecule has 1 aliphatic rings. The van der Waals surface area contributed by atoms with E-state index in [4.69, 9.17) is 19.9 Å². The Morgan fingerprint density at radius 1 is 1.23 bits per heavy atom. The number of fused-ring (bicyclic) bond motifs is 1. The minimum Gasteiger partial charge on any atom is -0.487 e. The van der Waals surface area contributed by atoms with Crippen LogP contribution in [0.4, 0.5) is 0 Å². The number of imidazole rings is 1. The Labute approximate surface area is 256 Å². The number of carbonyl (C=O) groups excluding carboxylic acids is 2. The minimum atomic E-state index is -4.24. The predicted octanol–water partition coefficient (Wildman–Crippen LogP) is 3.05. The summed E-state index contributed by atoms with van der Waals surface area (Å²) < 4.78 is 49.1. The van der Waals surface area contributed by atoms with Crippen LogP contribution in [0.5, 0.6) is 5.75 Å². The fourth-order valence-corrected chi connectivity index (χ4v) is 7.18. The molecule has 234 valence electrons. The summed E-state index contributed by atoms with van der Waals surface area (Å²) in [6, 6.07) is 10.6. The number of likely N-dealkylation sites (N-methyl/N-ethyl adjacent to an activating group) is 1. The number of nitrogens with zero attached hydrogens (tertiary/aromatic N) is 3. The fourth-order valence-electron chi connectivity index (χ4n) is 5.26. The van der Waals surface area contributed by atoms with Gasteiger partial charge in [-0.2, -0.15) is 0 Å². The van der Waals surface area contributed by atoms with Crippen LogP contribution in [0.3, 0.4) is 0 Å². The number of primary amides is 1. The summed E-state index contributed by atoms with van der Waals surface area (Å²) in [4.78, 5) is 30.9. The number of thioether (sulfide) groups is 1. The number of aromatic nitrogens is 2. The normalized spacial score (nSPS) is 18.6. The Morgan fingerprint density at radius 3 is 2.60 bits per heavy atom. The lowest BCUT2D eigenvalue weighted by molar-refractivity contribution is -0.163. The van der Waals surface area contributed by atoms with Gasteiger partial charge in [0.15, 0.2) is 5.16 Å². The fraction of sp³-hybridized carbons (Fsp3) is 0.483. The SMILES string of the molecule is CCOC1OC(=O)CC1NS(=O)(=O)c1ccc(C(C(N)=O)N(CC)CC)cc1O[C@H](C)Cn1c(SC)nc2ccccc21. The van der Waals surface area contributed by atoms with Crippen LogP contribution in [0.2, 0.25) is 0 Å². The number of para-hydroxylation sites is 2. The van der Waals surface area contributed by atoms with Crippen molar-refractivity contribution in [2.75, 3.05) is 26.0 Å². The number of nitrogens with two attached hydrogens (primary N) is 1. The Kier molecular flexibility index (Phi) is 10.7. The number of nitrogens with one attached hydrogen (secondary N) is 1. The summed E-state index contributed by atoms with van der Waals surface area (Å²) >= 11 is 1.50. The van der Waals surface area contributed by atoms with E-state index in [9.17, 15) is 18.0 Å². The van der Waals surface area contributed by atoms with E-state index in [0.717, 1.165) is 16.2 Å². The monoisotopic (exact) mass is 633 g/mol. The smallest absolute Gasteiger partial charge is 0.310 e. The number of hydrogen-bond donors (Lipinski definition) is 2. The molecule has 2 heterocycles. The van der Waals surface area contributed by atoms with Crippen LogP contribution >= 0.6 is 11.8 Å². The number of benzene rings is 2.